The van der Waals surface area contributed by atoms with Gasteiger partial charge in [-0.1, -0.05) is 6.07 Å². The molecule has 0 amide bonds. The zero-order chi connectivity index (χ0) is 18.9. The monoisotopic (exact) mass is 366 g/mol. The molecule has 1 heterocycles. The number of benzene rings is 1. The van der Waals surface area contributed by atoms with Crippen molar-refractivity contribution in [2.24, 2.45) is 10.1 Å². The highest BCUT2D eigenvalue weighted by Gasteiger charge is 2.24. The van der Waals surface area contributed by atoms with E-state index in [4.69, 9.17) is 5.14 Å². The molecular weight excluding hydrogens is 352 g/mol. The predicted molar refractivity (Wildman–Crippen MR) is 88.0 cm³/mol. The first kappa shape index (κ1) is 18.4. The highest BCUT2D eigenvalue weighted by atomic mass is 32.2. The van der Waals surface area contributed by atoms with E-state index in [-0.39, 0.29) is 16.3 Å². The van der Waals surface area contributed by atoms with Gasteiger partial charge in [-0.05, 0) is 32.0 Å². The molecule has 0 atom stereocenters. The normalized spacial score (nSPS) is 12.2. The molecule has 4 N–H and O–H groups in total. The highest BCUT2D eigenvalue weighted by molar-refractivity contribution is 7.89. The van der Waals surface area contributed by atoms with E-state index in [0.29, 0.717) is 0 Å². The lowest BCUT2D eigenvalue weighted by molar-refractivity contribution is 0.100. The first-order valence-corrected chi connectivity index (χ1v) is 8.35. The van der Waals surface area contributed by atoms with Crippen LogP contribution in [0.25, 0.3) is 0 Å². The average molecular weight is 366 g/mol. The van der Waals surface area contributed by atoms with Gasteiger partial charge in [0.25, 0.3) is 5.95 Å². The quantitative estimate of drug-likeness (QED) is 0.538. The third-order valence-electron chi connectivity index (χ3n) is 3.24. The summed E-state index contributed by atoms with van der Waals surface area (Å²) in [6.07, 6.45) is 0. The summed E-state index contributed by atoms with van der Waals surface area (Å²) in [7, 11) is -3.94. The summed E-state index contributed by atoms with van der Waals surface area (Å²) in [6.45, 7) is 2.41. The lowest BCUT2D eigenvalue weighted by Crippen LogP contribution is -2.15. The first-order chi connectivity index (χ1) is 11.5. The summed E-state index contributed by atoms with van der Waals surface area (Å²) in [5.41, 5.74) is -2.00. The second-order valence-electron chi connectivity index (χ2n) is 5.09. The largest absolute Gasteiger partial charge is 0.506 e. The molecule has 0 radical (unpaired) electrons. The smallest absolute Gasteiger partial charge is 0.351 e. The Morgan fingerprint density at radius 1 is 1.20 bits per heavy atom. The Kier molecular flexibility index (Phi) is 4.77. The Labute approximate surface area is 142 Å². The van der Waals surface area contributed by atoms with Gasteiger partial charge in [-0.25, -0.2) is 18.4 Å². The van der Waals surface area contributed by atoms with Crippen LogP contribution in [0.15, 0.2) is 43.4 Å². The molecule has 0 aliphatic carbocycles. The summed E-state index contributed by atoms with van der Waals surface area (Å²) >= 11 is 0. The summed E-state index contributed by atoms with van der Waals surface area (Å²) in [5, 5.41) is 24.7. The molecule has 25 heavy (non-hydrogen) atoms. The average Bonchev–Trinajstić information content (AvgIpc) is 2.45. The predicted octanol–water partition coefficient (Wildman–Crippen LogP) is 1.04. The Balaban J connectivity index is 2.64. The molecule has 1 aromatic carbocycles. The number of ketones is 1. The second-order valence-corrected chi connectivity index (χ2v) is 6.65. The molecule has 0 spiro atoms. The molecule has 0 bridgehead atoms. The van der Waals surface area contributed by atoms with Crippen LogP contribution in [0.3, 0.4) is 0 Å². The maximum Gasteiger partial charge on any atom is 0.351 e. The molecular formula is C15H14N2O7S. The summed E-state index contributed by atoms with van der Waals surface area (Å²) in [5.74, 6) is -2.49. The standard InChI is InChI=1S/C15H14N2O7S/c1-7(17-9-4-3-5-10(6-9)25(16,22)23)11-13(19)12(8(2)18)15(21)24-14(11)20/h3-6,19,21H,1-2H3,(H2,16,22,23). The van der Waals surface area contributed by atoms with Crippen molar-refractivity contribution >= 4 is 27.2 Å². The molecule has 9 nitrogen and oxygen atoms in total. The number of primary sulfonamides is 1. The number of sulfonamides is 1. The van der Waals surface area contributed by atoms with E-state index < -0.39 is 44.3 Å². The first-order valence-electron chi connectivity index (χ1n) is 6.81. The number of hydrogen-bond acceptors (Lipinski definition) is 8. The molecule has 2 rings (SSSR count). The second kappa shape index (κ2) is 6.49. The number of aliphatic imine (C=N–C) groups is 1. The Bertz CT molecular complexity index is 1050. The lowest BCUT2D eigenvalue weighted by Gasteiger charge is -2.07. The molecule has 10 heteroatoms. The number of carbonyl (C=O) groups excluding carboxylic acids is 1. The van der Waals surface area contributed by atoms with Gasteiger partial charge in [0.2, 0.25) is 10.0 Å². The number of hydrogen-bond donors (Lipinski definition) is 3. The van der Waals surface area contributed by atoms with Crippen LogP contribution in [0, 0.1) is 0 Å². The molecule has 0 fully saturated rings. The fourth-order valence-corrected chi connectivity index (χ4v) is 2.68. The van der Waals surface area contributed by atoms with Gasteiger partial charge < -0.3 is 14.6 Å². The van der Waals surface area contributed by atoms with Crippen LogP contribution in [-0.4, -0.2) is 30.1 Å². The van der Waals surface area contributed by atoms with Crippen LogP contribution in [0.2, 0.25) is 0 Å². The van der Waals surface area contributed by atoms with Crippen LogP contribution in [0.4, 0.5) is 5.69 Å². The van der Waals surface area contributed by atoms with Crippen molar-refractivity contribution in [3.05, 3.63) is 45.8 Å². The van der Waals surface area contributed by atoms with Crippen LogP contribution in [-0.2, 0) is 10.0 Å². The number of nitrogens with two attached hydrogens (primary N) is 1. The number of carbonyl (C=O) groups is 1. The molecule has 0 saturated carbocycles. The Morgan fingerprint density at radius 2 is 1.84 bits per heavy atom. The van der Waals surface area contributed by atoms with Gasteiger partial charge in [0, 0.05) is 0 Å². The van der Waals surface area contributed by atoms with Gasteiger partial charge in [-0.3, -0.25) is 9.79 Å². The molecule has 0 saturated heterocycles. The van der Waals surface area contributed by atoms with Crippen LogP contribution < -0.4 is 10.8 Å². The van der Waals surface area contributed by atoms with E-state index in [0.717, 1.165) is 6.92 Å². The number of rotatable bonds is 4. The Hall–Kier alpha value is -2.98. The molecule has 1 aromatic heterocycles. The fraction of sp³-hybridized carbons (Fsp3) is 0.133. The van der Waals surface area contributed by atoms with E-state index in [9.17, 15) is 28.2 Å². The number of nitrogens with zero attached hydrogens (tertiary/aromatic N) is 1. The minimum absolute atomic E-state index is 0.0553. The van der Waals surface area contributed by atoms with E-state index in [1.807, 2.05) is 0 Å². The third kappa shape index (κ3) is 3.75. The molecule has 0 aliphatic heterocycles. The topological polar surface area (TPSA) is 160 Å². The number of Topliss-reactive ketones (excluding diaryl/α,β-unsaturated/α-hetero) is 1. The van der Waals surface area contributed by atoms with Gasteiger partial charge in [-0.15, -0.1) is 0 Å². The van der Waals surface area contributed by atoms with Crippen molar-refractivity contribution in [1.29, 1.82) is 0 Å². The zero-order valence-corrected chi connectivity index (χ0v) is 14.0. The van der Waals surface area contributed by atoms with E-state index >= 15 is 0 Å². The van der Waals surface area contributed by atoms with Crippen LogP contribution >= 0.6 is 0 Å². The minimum atomic E-state index is -3.94. The van der Waals surface area contributed by atoms with Gasteiger partial charge in [0.1, 0.15) is 16.9 Å². The SMILES string of the molecule is CC(=O)c1c(O)oc(=O)c(C(C)=Nc2cccc(S(N)(=O)=O)c2)c1O. The molecule has 0 aliphatic rings. The maximum atomic E-state index is 11.9. The lowest BCUT2D eigenvalue weighted by atomic mass is 10.1. The summed E-state index contributed by atoms with van der Waals surface area (Å²) < 4.78 is 27.3. The molecule has 132 valence electrons. The van der Waals surface area contributed by atoms with Crippen molar-refractivity contribution < 1.29 is 27.8 Å². The van der Waals surface area contributed by atoms with E-state index in [1.54, 1.807) is 0 Å². The zero-order valence-electron chi connectivity index (χ0n) is 13.2. The van der Waals surface area contributed by atoms with Crippen molar-refractivity contribution in [1.82, 2.24) is 0 Å². The van der Waals surface area contributed by atoms with Crippen molar-refractivity contribution in [2.45, 2.75) is 18.7 Å². The van der Waals surface area contributed by atoms with Gasteiger partial charge in [-0.2, -0.15) is 0 Å². The van der Waals surface area contributed by atoms with Crippen molar-refractivity contribution in [2.75, 3.05) is 0 Å². The van der Waals surface area contributed by atoms with Gasteiger partial charge in [0.15, 0.2) is 5.78 Å². The van der Waals surface area contributed by atoms with Crippen molar-refractivity contribution in [3.8, 4) is 11.7 Å². The number of aromatic hydroxyl groups is 2. The summed E-state index contributed by atoms with van der Waals surface area (Å²) in [4.78, 5) is 27.2. The summed E-state index contributed by atoms with van der Waals surface area (Å²) in [6, 6.07) is 5.28. The van der Waals surface area contributed by atoms with Crippen molar-refractivity contribution in [3.63, 3.8) is 0 Å². The molecule has 2 aromatic rings. The Morgan fingerprint density at radius 3 is 2.40 bits per heavy atom. The van der Waals surface area contributed by atoms with Crippen LogP contribution in [0.1, 0.15) is 29.8 Å². The molecule has 0 unspecified atom stereocenters. The highest BCUT2D eigenvalue weighted by Crippen LogP contribution is 2.29. The van der Waals surface area contributed by atoms with Gasteiger partial charge >= 0.3 is 5.63 Å². The van der Waals surface area contributed by atoms with E-state index in [1.165, 1.54) is 31.2 Å². The minimum Gasteiger partial charge on any atom is -0.506 e. The third-order valence-corrected chi connectivity index (χ3v) is 4.15. The maximum absolute atomic E-state index is 11.9. The van der Waals surface area contributed by atoms with Crippen LogP contribution in [0.5, 0.6) is 11.7 Å². The fourth-order valence-electron chi connectivity index (χ4n) is 2.13. The van der Waals surface area contributed by atoms with Gasteiger partial charge in [0.05, 0.1) is 16.3 Å². The van der Waals surface area contributed by atoms with E-state index in [2.05, 4.69) is 9.41 Å².